The molecule has 0 amide bonds. The summed E-state index contributed by atoms with van der Waals surface area (Å²) in [5, 5.41) is 0. The number of nitrogens with zero attached hydrogens (tertiary/aromatic N) is 1. The molecule has 3 heteroatoms. The van der Waals surface area contributed by atoms with Gasteiger partial charge in [0.15, 0.2) is 0 Å². The van der Waals surface area contributed by atoms with E-state index in [2.05, 4.69) is 4.90 Å². The minimum atomic E-state index is 0.0833. The molecule has 0 aromatic rings. The molecule has 1 rings (SSSR count). The van der Waals surface area contributed by atoms with Crippen molar-refractivity contribution in [3.8, 4) is 0 Å². The van der Waals surface area contributed by atoms with Crippen molar-refractivity contribution < 1.29 is 9.53 Å². The van der Waals surface area contributed by atoms with E-state index in [9.17, 15) is 4.79 Å². The first-order chi connectivity index (χ1) is 5.15. The normalized spacial score (nSPS) is 32.6. The lowest BCUT2D eigenvalue weighted by molar-refractivity contribution is -0.120. The molecule has 0 saturated carbocycles. The van der Waals surface area contributed by atoms with Crippen LogP contribution in [0.5, 0.6) is 0 Å². The Hall–Kier alpha value is -0.410. The summed E-state index contributed by atoms with van der Waals surface area (Å²) in [6, 6.07) is 0.0833. The first kappa shape index (κ1) is 8.68. The summed E-state index contributed by atoms with van der Waals surface area (Å²) in [6.45, 7) is 2.51. The number of ether oxygens (including phenoxy) is 1. The highest BCUT2D eigenvalue weighted by Gasteiger charge is 2.31. The number of hydrogen-bond acceptors (Lipinski definition) is 3. The van der Waals surface area contributed by atoms with Crippen molar-refractivity contribution in [2.45, 2.75) is 25.5 Å². The molecule has 1 unspecified atom stereocenters. The van der Waals surface area contributed by atoms with Crippen LogP contribution >= 0.6 is 0 Å². The predicted molar refractivity (Wildman–Crippen MR) is 42.5 cm³/mol. The van der Waals surface area contributed by atoms with E-state index in [1.807, 2.05) is 7.05 Å². The summed E-state index contributed by atoms with van der Waals surface area (Å²) in [6.07, 6.45) is 1.09. The minimum absolute atomic E-state index is 0.0833. The van der Waals surface area contributed by atoms with E-state index in [4.69, 9.17) is 4.74 Å². The number of Topliss-reactive ketones (excluding diaryl/α,β-unsaturated/α-hetero) is 1. The third-order valence-electron chi connectivity index (χ3n) is 2.31. The van der Waals surface area contributed by atoms with E-state index >= 15 is 0 Å². The fourth-order valence-electron chi connectivity index (χ4n) is 1.60. The Kier molecular flexibility index (Phi) is 2.62. The Labute approximate surface area is 67.3 Å². The first-order valence-electron chi connectivity index (χ1n) is 3.88. The van der Waals surface area contributed by atoms with Crippen LogP contribution in [0.1, 0.15) is 13.3 Å². The number of hydrogen-bond donors (Lipinski definition) is 0. The third kappa shape index (κ3) is 1.79. The average Bonchev–Trinajstić information content (AvgIpc) is 2.30. The summed E-state index contributed by atoms with van der Waals surface area (Å²) >= 11 is 0. The van der Waals surface area contributed by atoms with Crippen LogP contribution < -0.4 is 0 Å². The van der Waals surface area contributed by atoms with Crippen molar-refractivity contribution in [2.24, 2.45) is 0 Å². The topological polar surface area (TPSA) is 29.5 Å². The van der Waals surface area contributed by atoms with Crippen LogP contribution in [0.15, 0.2) is 0 Å². The molecule has 1 saturated heterocycles. The molecule has 64 valence electrons. The van der Waals surface area contributed by atoms with E-state index in [1.54, 1.807) is 14.0 Å². The molecule has 0 aliphatic carbocycles. The number of ketones is 1. The lowest BCUT2D eigenvalue weighted by atomic mass is 10.1. The number of likely N-dealkylation sites (tertiary alicyclic amines) is 1. The monoisotopic (exact) mass is 157 g/mol. The standard InChI is InChI=1S/C8H15NO2/c1-6(10)8-4-7(11-3)5-9(8)2/h7-8H,4-5H2,1-3H3/t7-,8?/m0/s1. The molecule has 2 atom stereocenters. The average molecular weight is 157 g/mol. The summed E-state index contributed by atoms with van der Waals surface area (Å²) in [5.41, 5.74) is 0. The molecule has 3 nitrogen and oxygen atoms in total. The summed E-state index contributed by atoms with van der Waals surface area (Å²) in [4.78, 5) is 13.1. The van der Waals surface area contributed by atoms with E-state index in [0.29, 0.717) is 0 Å². The van der Waals surface area contributed by atoms with E-state index in [0.717, 1.165) is 13.0 Å². The Morgan fingerprint density at radius 1 is 1.64 bits per heavy atom. The first-order valence-corrected chi connectivity index (χ1v) is 3.88. The highest BCUT2D eigenvalue weighted by Crippen LogP contribution is 2.18. The fraction of sp³-hybridized carbons (Fsp3) is 0.875. The number of likely N-dealkylation sites (N-methyl/N-ethyl adjacent to an activating group) is 1. The van der Waals surface area contributed by atoms with Gasteiger partial charge in [0.2, 0.25) is 0 Å². The van der Waals surface area contributed by atoms with Gasteiger partial charge in [-0.2, -0.15) is 0 Å². The summed E-state index contributed by atoms with van der Waals surface area (Å²) in [7, 11) is 3.66. The SMILES string of the molecule is CO[C@H]1CC(C(C)=O)N(C)C1. The molecular formula is C8H15NO2. The molecule has 0 aromatic carbocycles. The quantitative estimate of drug-likeness (QED) is 0.577. The van der Waals surface area contributed by atoms with Gasteiger partial charge in [-0.25, -0.2) is 0 Å². The second kappa shape index (κ2) is 3.32. The van der Waals surface area contributed by atoms with Crippen LogP contribution in [0.2, 0.25) is 0 Å². The van der Waals surface area contributed by atoms with Gasteiger partial charge >= 0.3 is 0 Å². The van der Waals surface area contributed by atoms with Crippen molar-refractivity contribution in [2.75, 3.05) is 20.7 Å². The zero-order chi connectivity index (χ0) is 8.43. The van der Waals surface area contributed by atoms with Gasteiger partial charge in [0, 0.05) is 13.7 Å². The molecule has 0 spiro atoms. The van der Waals surface area contributed by atoms with Crippen molar-refractivity contribution in [1.29, 1.82) is 0 Å². The molecule has 1 fully saturated rings. The maximum atomic E-state index is 11.0. The number of methoxy groups -OCH3 is 1. The van der Waals surface area contributed by atoms with Crippen molar-refractivity contribution in [3.63, 3.8) is 0 Å². The minimum Gasteiger partial charge on any atom is -0.380 e. The lowest BCUT2D eigenvalue weighted by Gasteiger charge is -2.14. The van der Waals surface area contributed by atoms with Crippen molar-refractivity contribution in [1.82, 2.24) is 4.90 Å². The molecule has 0 N–H and O–H groups in total. The second-order valence-electron chi connectivity index (χ2n) is 3.16. The van der Waals surface area contributed by atoms with Gasteiger partial charge in [0.1, 0.15) is 5.78 Å². The lowest BCUT2D eigenvalue weighted by Crippen LogP contribution is -2.30. The molecule has 0 aromatic heterocycles. The summed E-state index contributed by atoms with van der Waals surface area (Å²) in [5.74, 6) is 0.243. The molecule has 11 heavy (non-hydrogen) atoms. The molecule has 1 aliphatic heterocycles. The van der Waals surface area contributed by atoms with Gasteiger partial charge in [-0.1, -0.05) is 0 Å². The Morgan fingerprint density at radius 3 is 2.55 bits per heavy atom. The van der Waals surface area contributed by atoms with E-state index in [-0.39, 0.29) is 17.9 Å². The predicted octanol–water partition coefficient (Wildman–Crippen LogP) is 0.294. The van der Waals surface area contributed by atoms with Gasteiger partial charge < -0.3 is 4.74 Å². The Balaban J connectivity index is 2.51. The van der Waals surface area contributed by atoms with Gasteiger partial charge in [-0.3, -0.25) is 9.69 Å². The van der Waals surface area contributed by atoms with Crippen LogP contribution in [0.3, 0.4) is 0 Å². The van der Waals surface area contributed by atoms with Gasteiger partial charge in [-0.05, 0) is 20.4 Å². The van der Waals surface area contributed by atoms with Gasteiger partial charge in [0.25, 0.3) is 0 Å². The van der Waals surface area contributed by atoms with Gasteiger partial charge in [-0.15, -0.1) is 0 Å². The van der Waals surface area contributed by atoms with Crippen LogP contribution in [0, 0.1) is 0 Å². The maximum Gasteiger partial charge on any atom is 0.146 e. The molecule has 1 aliphatic rings. The highest BCUT2D eigenvalue weighted by molar-refractivity contribution is 5.81. The second-order valence-corrected chi connectivity index (χ2v) is 3.16. The summed E-state index contributed by atoms with van der Waals surface area (Å²) < 4.78 is 5.17. The number of carbonyl (C=O) groups is 1. The van der Waals surface area contributed by atoms with Crippen LogP contribution in [0.4, 0.5) is 0 Å². The largest absolute Gasteiger partial charge is 0.380 e. The third-order valence-corrected chi connectivity index (χ3v) is 2.31. The fourth-order valence-corrected chi connectivity index (χ4v) is 1.60. The molecule has 0 radical (unpaired) electrons. The van der Waals surface area contributed by atoms with E-state index in [1.165, 1.54) is 0 Å². The number of rotatable bonds is 2. The van der Waals surface area contributed by atoms with Crippen LogP contribution in [-0.2, 0) is 9.53 Å². The van der Waals surface area contributed by atoms with Gasteiger partial charge in [0.05, 0.1) is 12.1 Å². The van der Waals surface area contributed by atoms with Crippen LogP contribution in [-0.4, -0.2) is 43.5 Å². The molecular weight excluding hydrogens is 142 g/mol. The Bertz CT molecular complexity index is 158. The zero-order valence-electron chi connectivity index (χ0n) is 7.33. The highest BCUT2D eigenvalue weighted by atomic mass is 16.5. The molecule has 1 heterocycles. The molecule has 0 bridgehead atoms. The Morgan fingerprint density at radius 2 is 2.27 bits per heavy atom. The zero-order valence-corrected chi connectivity index (χ0v) is 7.33. The van der Waals surface area contributed by atoms with Crippen molar-refractivity contribution >= 4 is 5.78 Å². The van der Waals surface area contributed by atoms with Crippen LogP contribution in [0.25, 0.3) is 0 Å². The van der Waals surface area contributed by atoms with E-state index < -0.39 is 0 Å². The van der Waals surface area contributed by atoms with Crippen molar-refractivity contribution in [3.05, 3.63) is 0 Å². The number of carbonyl (C=O) groups excluding carboxylic acids is 1. The smallest absolute Gasteiger partial charge is 0.146 e. The maximum absolute atomic E-state index is 11.0.